The summed E-state index contributed by atoms with van der Waals surface area (Å²) < 4.78 is 4.65. The van der Waals surface area contributed by atoms with Crippen LogP contribution in [0, 0.1) is 0 Å². The summed E-state index contributed by atoms with van der Waals surface area (Å²) >= 11 is 0. The Hall–Kier alpha value is -1.10. The van der Waals surface area contributed by atoms with Crippen LogP contribution < -0.4 is 5.73 Å². The molecule has 0 amide bonds. The van der Waals surface area contributed by atoms with Gasteiger partial charge in [0.25, 0.3) is 0 Å². The number of carbonyl (C=O) groups is 1. The fraction of sp³-hybridized carbons (Fsp3) is 0.714. The molecule has 0 saturated carbocycles. The van der Waals surface area contributed by atoms with Gasteiger partial charge in [0.05, 0.1) is 6.61 Å². The fourth-order valence-electron chi connectivity index (χ4n) is 0.468. The lowest BCUT2D eigenvalue weighted by atomic mass is 10.4. The predicted octanol–water partition coefficient (Wildman–Crippen LogP) is -0.0993. The SMILES string of the molecule is CCOC(=O)/C(C)=N/OCCN. The average Bonchev–Trinajstić information content (AvgIpc) is 2.05. The number of hydrogen-bond donors (Lipinski definition) is 1. The molecule has 5 heteroatoms. The van der Waals surface area contributed by atoms with Crippen LogP contribution in [-0.2, 0) is 14.4 Å². The van der Waals surface area contributed by atoms with E-state index in [0.717, 1.165) is 0 Å². The van der Waals surface area contributed by atoms with Crippen LogP contribution in [-0.4, -0.2) is 31.4 Å². The van der Waals surface area contributed by atoms with Crippen molar-refractivity contribution in [2.24, 2.45) is 10.9 Å². The Morgan fingerprint density at radius 3 is 2.75 bits per heavy atom. The first-order valence-electron chi connectivity index (χ1n) is 3.76. The summed E-state index contributed by atoms with van der Waals surface area (Å²) in [4.78, 5) is 15.5. The van der Waals surface area contributed by atoms with E-state index in [1.807, 2.05) is 0 Å². The van der Waals surface area contributed by atoms with Crippen LogP contribution in [0.15, 0.2) is 5.16 Å². The van der Waals surface area contributed by atoms with Gasteiger partial charge in [-0.2, -0.15) is 0 Å². The van der Waals surface area contributed by atoms with Crippen LogP contribution in [0.2, 0.25) is 0 Å². The van der Waals surface area contributed by atoms with E-state index in [0.29, 0.717) is 19.8 Å². The quantitative estimate of drug-likeness (QED) is 0.273. The molecule has 0 fully saturated rings. The van der Waals surface area contributed by atoms with Crippen molar-refractivity contribution in [3.8, 4) is 0 Å². The van der Waals surface area contributed by atoms with Crippen LogP contribution in [0.1, 0.15) is 13.8 Å². The molecule has 0 aromatic heterocycles. The number of rotatable bonds is 5. The van der Waals surface area contributed by atoms with Crippen molar-refractivity contribution in [2.75, 3.05) is 19.8 Å². The summed E-state index contributed by atoms with van der Waals surface area (Å²) in [6, 6.07) is 0. The summed E-state index contributed by atoms with van der Waals surface area (Å²) in [5.41, 5.74) is 5.34. The normalized spacial score (nSPS) is 11.1. The number of esters is 1. The molecule has 70 valence electrons. The molecule has 0 radical (unpaired) electrons. The van der Waals surface area contributed by atoms with Gasteiger partial charge in [0.15, 0.2) is 5.71 Å². The molecule has 0 spiro atoms. The van der Waals surface area contributed by atoms with E-state index in [2.05, 4.69) is 14.7 Å². The summed E-state index contributed by atoms with van der Waals surface area (Å²) in [5, 5.41) is 3.49. The Bertz CT molecular complexity index is 168. The molecular formula is C7H14N2O3. The lowest BCUT2D eigenvalue weighted by Crippen LogP contribution is -2.15. The van der Waals surface area contributed by atoms with Crippen molar-refractivity contribution in [2.45, 2.75) is 13.8 Å². The van der Waals surface area contributed by atoms with Gasteiger partial charge in [-0.15, -0.1) is 0 Å². The number of hydrogen-bond acceptors (Lipinski definition) is 5. The molecule has 0 rings (SSSR count). The Morgan fingerprint density at radius 2 is 2.25 bits per heavy atom. The maximum Gasteiger partial charge on any atom is 0.355 e. The second-order valence-corrected chi connectivity index (χ2v) is 2.02. The molecule has 12 heavy (non-hydrogen) atoms. The Labute approximate surface area is 71.5 Å². The van der Waals surface area contributed by atoms with Crippen LogP contribution in [0.4, 0.5) is 0 Å². The number of nitrogens with zero attached hydrogens (tertiary/aromatic N) is 1. The number of ether oxygens (including phenoxy) is 1. The average molecular weight is 174 g/mol. The maximum atomic E-state index is 10.9. The molecule has 2 N–H and O–H groups in total. The van der Waals surface area contributed by atoms with Crippen molar-refractivity contribution in [1.82, 2.24) is 0 Å². The molecule has 0 unspecified atom stereocenters. The van der Waals surface area contributed by atoms with E-state index in [9.17, 15) is 4.79 Å². The van der Waals surface area contributed by atoms with Gasteiger partial charge in [0, 0.05) is 6.54 Å². The Morgan fingerprint density at radius 1 is 1.58 bits per heavy atom. The van der Waals surface area contributed by atoms with E-state index in [-0.39, 0.29) is 5.71 Å². The predicted molar refractivity (Wildman–Crippen MR) is 44.7 cm³/mol. The number of carbonyl (C=O) groups excluding carboxylic acids is 1. The molecule has 0 atom stereocenters. The molecular weight excluding hydrogens is 160 g/mol. The molecule has 0 aromatic carbocycles. The third kappa shape index (κ3) is 4.68. The van der Waals surface area contributed by atoms with Gasteiger partial charge in [0.2, 0.25) is 0 Å². The van der Waals surface area contributed by atoms with Crippen LogP contribution in [0.5, 0.6) is 0 Å². The monoisotopic (exact) mass is 174 g/mol. The lowest BCUT2D eigenvalue weighted by Gasteiger charge is -2.00. The fourth-order valence-corrected chi connectivity index (χ4v) is 0.468. The highest BCUT2D eigenvalue weighted by Crippen LogP contribution is 1.85. The summed E-state index contributed by atoms with van der Waals surface area (Å²) in [6.07, 6.45) is 0. The smallest absolute Gasteiger partial charge is 0.355 e. The molecule has 0 aromatic rings. The second kappa shape index (κ2) is 6.60. The minimum absolute atomic E-state index is 0.199. The summed E-state index contributed by atoms with van der Waals surface area (Å²) in [5.74, 6) is -0.463. The van der Waals surface area contributed by atoms with Crippen molar-refractivity contribution < 1.29 is 14.4 Å². The highest BCUT2D eigenvalue weighted by molar-refractivity contribution is 6.35. The third-order valence-electron chi connectivity index (χ3n) is 0.981. The van der Waals surface area contributed by atoms with Crippen LogP contribution in [0.3, 0.4) is 0 Å². The van der Waals surface area contributed by atoms with Crippen LogP contribution >= 0.6 is 0 Å². The summed E-state index contributed by atoms with van der Waals surface area (Å²) in [7, 11) is 0. The number of oxime groups is 1. The van der Waals surface area contributed by atoms with Gasteiger partial charge in [-0.1, -0.05) is 5.16 Å². The van der Waals surface area contributed by atoms with Crippen molar-refractivity contribution >= 4 is 11.7 Å². The maximum absolute atomic E-state index is 10.9. The van der Waals surface area contributed by atoms with Gasteiger partial charge in [-0.05, 0) is 13.8 Å². The standard InChI is InChI=1S/C7H14N2O3/c1-3-11-7(10)6(2)9-12-5-4-8/h3-5,8H2,1-2H3/b9-6+. The van der Waals surface area contributed by atoms with E-state index < -0.39 is 5.97 Å². The van der Waals surface area contributed by atoms with E-state index in [1.165, 1.54) is 6.92 Å². The van der Waals surface area contributed by atoms with Gasteiger partial charge < -0.3 is 15.3 Å². The number of nitrogens with two attached hydrogens (primary N) is 1. The zero-order valence-electron chi connectivity index (χ0n) is 7.37. The molecule has 0 aliphatic heterocycles. The van der Waals surface area contributed by atoms with E-state index in [1.54, 1.807) is 6.92 Å². The first-order chi connectivity index (χ1) is 5.72. The van der Waals surface area contributed by atoms with Gasteiger partial charge in [-0.3, -0.25) is 0 Å². The largest absolute Gasteiger partial charge is 0.461 e. The molecule has 0 aliphatic rings. The lowest BCUT2D eigenvalue weighted by molar-refractivity contribution is -0.135. The summed E-state index contributed by atoms with van der Waals surface area (Å²) in [6.45, 7) is 4.26. The Kier molecular flexibility index (Phi) is 6.00. The van der Waals surface area contributed by atoms with Crippen LogP contribution in [0.25, 0.3) is 0 Å². The van der Waals surface area contributed by atoms with Crippen molar-refractivity contribution in [3.63, 3.8) is 0 Å². The zero-order chi connectivity index (χ0) is 9.40. The minimum atomic E-state index is -0.463. The Balaban J connectivity index is 3.74. The third-order valence-corrected chi connectivity index (χ3v) is 0.981. The first kappa shape index (κ1) is 10.9. The molecule has 0 heterocycles. The van der Waals surface area contributed by atoms with Crippen molar-refractivity contribution in [1.29, 1.82) is 0 Å². The second-order valence-electron chi connectivity index (χ2n) is 2.02. The van der Waals surface area contributed by atoms with E-state index in [4.69, 9.17) is 5.73 Å². The molecule has 0 bridgehead atoms. The van der Waals surface area contributed by atoms with E-state index >= 15 is 0 Å². The van der Waals surface area contributed by atoms with Crippen molar-refractivity contribution in [3.05, 3.63) is 0 Å². The molecule has 0 aliphatic carbocycles. The van der Waals surface area contributed by atoms with Gasteiger partial charge in [-0.25, -0.2) is 4.79 Å². The van der Waals surface area contributed by atoms with Gasteiger partial charge in [0.1, 0.15) is 6.61 Å². The highest BCUT2D eigenvalue weighted by Gasteiger charge is 2.05. The minimum Gasteiger partial charge on any atom is -0.461 e. The highest BCUT2D eigenvalue weighted by atomic mass is 16.6. The van der Waals surface area contributed by atoms with Gasteiger partial charge >= 0.3 is 5.97 Å². The first-order valence-corrected chi connectivity index (χ1v) is 3.76. The molecule has 0 saturated heterocycles. The molecule has 5 nitrogen and oxygen atoms in total. The topological polar surface area (TPSA) is 73.9 Å². The zero-order valence-corrected chi connectivity index (χ0v) is 7.37.